The van der Waals surface area contributed by atoms with Crippen LogP contribution in [0, 0.1) is 6.92 Å². The van der Waals surface area contributed by atoms with E-state index in [2.05, 4.69) is 5.32 Å². The lowest BCUT2D eigenvalue weighted by Gasteiger charge is -2.13. The van der Waals surface area contributed by atoms with Gasteiger partial charge in [-0.25, -0.2) is 0 Å². The van der Waals surface area contributed by atoms with Gasteiger partial charge in [0.2, 0.25) is 0 Å². The fraction of sp³-hybridized carbons (Fsp3) is 0.538. The first-order chi connectivity index (χ1) is 8.04. The number of benzene rings is 1. The molecule has 0 bridgehead atoms. The monoisotopic (exact) mass is 256 g/mol. The second-order valence-corrected chi connectivity index (χ2v) is 4.79. The van der Waals surface area contributed by atoms with Gasteiger partial charge in [0.25, 0.3) is 0 Å². The van der Waals surface area contributed by atoms with Crippen LogP contribution in [0.2, 0.25) is 5.02 Å². The molecule has 0 aliphatic heterocycles. The van der Waals surface area contributed by atoms with Crippen LogP contribution in [-0.4, -0.2) is 19.7 Å². The highest BCUT2D eigenvalue weighted by atomic mass is 35.5. The second-order valence-electron chi connectivity index (χ2n) is 4.36. The first kappa shape index (κ1) is 14.3. The van der Waals surface area contributed by atoms with Gasteiger partial charge >= 0.3 is 0 Å². The Morgan fingerprint density at radius 2 is 2.18 bits per heavy atom. The van der Waals surface area contributed by atoms with Gasteiger partial charge in [-0.2, -0.15) is 0 Å². The third-order valence-electron chi connectivity index (χ3n) is 2.61. The fourth-order valence-corrected chi connectivity index (χ4v) is 2.07. The van der Waals surface area contributed by atoms with Gasteiger partial charge in [-0.3, -0.25) is 0 Å². The molecular weight excluding hydrogens is 236 g/mol. The minimum absolute atomic E-state index is 0.227. The molecule has 3 N–H and O–H groups in total. The SMILES string of the molecule is COc1c(C)cc(Cl)cc1CNCCC(C)N. The van der Waals surface area contributed by atoms with Crippen molar-refractivity contribution < 1.29 is 4.74 Å². The molecule has 1 rings (SSSR count). The summed E-state index contributed by atoms with van der Waals surface area (Å²) >= 11 is 6.04. The number of hydrogen-bond donors (Lipinski definition) is 2. The minimum atomic E-state index is 0.227. The summed E-state index contributed by atoms with van der Waals surface area (Å²) in [7, 11) is 1.68. The molecule has 0 aliphatic rings. The molecule has 0 radical (unpaired) electrons. The van der Waals surface area contributed by atoms with E-state index in [1.54, 1.807) is 7.11 Å². The van der Waals surface area contributed by atoms with E-state index in [1.165, 1.54) is 0 Å². The third kappa shape index (κ3) is 4.54. The van der Waals surface area contributed by atoms with E-state index in [9.17, 15) is 0 Å². The molecule has 0 aromatic heterocycles. The van der Waals surface area contributed by atoms with Crippen LogP contribution in [0.3, 0.4) is 0 Å². The molecule has 17 heavy (non-hydrogen) atoms. The van der Waals surface area contributed by atoms with Crippen molar-refractivity contribution in [1.82, 2.24) is 5.32 Å². The van der Waals surface area contributed by atoms with Crippen molar-refractivity contribution in [3.63, 3.8) is 0 Å². The van der Waals surface area contributed by atoms with Crippen LogP contribution < -0.4 is 15.8 Å². The maximum atomic E-state index is 6.04. The summed E-state index contributed by atoms with van der Waals surface area (Å²) in [6, 6.07) is 4.07. The molecule has 4 heteroatoms. The Hall–Kier alpha value is -0.770. The first-order valence-corrected chi connectivity index (χ1v) is 6.21. The Morgan fingerprint density at radius 1 is 1.47 bits per heavy atom. The van der Waals surface area contributed by atoms with Crippen LogP contribution in [0.15, 0.2) is 12.1 Å². The van der Waals surface area contributed by atoms with Crippen molar-refractivity contribution in [2.24, 2.45) is 5.73 Å². The number of nitrogens with one attached hydrogen (secondary N) is 1. The Bertz CT molecular complexity index is 367. The van der Waals surface area contributed by atoms with Gasteiger partial charge in [0, 0.05) is 23.2 Å². The van der Waals surface area contributed by atoms with Crippen LogP contribution in [0.1, 0.15) is 24.5 Å². The summed E-state index contributed by atoms with van der Waals surface area (Å²) in [5, 5.41) is 4.09. The van der Waals surface area contributed by atoms with E-state index >= 15 is 0 Å². The smallest absolute Gasteiger partial charge is 0.126 e. The van der Waals surface area contributed by atoms with Crippen molar-refractivity contribution in [1.29, 1.82) is 0 Å². The Labute approximate surface area is 108 Å². The standard InChI is InChI=1S/C13H21ClN2O/c1-9-6-12(14)7-11(13(9)17-3)8-16-5-4-10(2)15/h6-7,10,16H,4-5,8,15H2,1-3H3. The molecule has 1 aromatic rings. The van der Waals surface area contributed by atoms with Gasteiger partial charge in [0.1, 0.15) is 5.75 Å². The van der Waals surface area contributed by atoms with E-state index in [0.717, 1.165) is 41.4 Å². The lowest BCUT2D eigenvalue weighted by Crippen LogP contribution is -2.23. The highest BCUT2D eigenvalue weighted by Crippen LogP contribution is 2.27. The average Bonchev–Trinajstić information content (AvgIpc) is 2.23. The average molecular weight is 257 g/mol. The quantitative estimate of drug-likeness (QED) is 0.769. The summed E-state index contributed by atoms with van der Waals surface area (Å²) < 4.78 is 5.39. The molecule has 0 spiro atoms. The highest BCUT2D eigenvalue weighted by molar-refractivity contribution is 6.30. The maximum Gasteiger partial charge on any atom is 0.126 e. The number of aryl methyl sites for hydroxylation is 1. The molecule has 0 amide bonds. The number of hydrogen-bond acceptors (Lipinski definition) is 3. The van der Waals surface area contributed by atoms with Crippen molar-refractivity contribution >= 4 is 11.6 Å². The fourth-order valence-electron chi connectivity index (χ4n) is 1.78. The zero-order valence-electron chi connectivity index (χ0n) is 10.7. The van der Waals surface area contributed by atoms with Gasteiger partial charge < -0.3 is 15.8 Å². The maximum absolute atomic E-state index is 6.04. The molecule has 0 saturated carbocycles. The first-order valence-electron chi connectivity index (χ1n) is 5.84. The largest absolute Gasteiger partial charge is 0.496 e. The van der Waals surface area contributed by atoms with Crippen molar-refractivity contribution in [3.8, 4) is 5.75 Å². The molecule has 3 nitrogen and oxygen atoms in total. The number of methoxy groups -OCH3 is 1. The Balaban J connectivity index is 2.63. The van der Waals surface area contributed by atoms with Crippen molar-refractivity contribution in [2.75, 3.05) is 13.7 Å². The van der Waals surface area contributed by atoms with E-state index < -0.39 is 0 Å². The van der Waals surface area contributed by atoms with E-state index in [-0.39, 0.29) is 6.04 Å². The molecule has 0 aliphatic carbocycles. The van der Waals surface area contributed by atoms with Crippen LogP contribution in [0.4, 0.5) is 0 Å². The predicted octanol–water partition coefficient (Wildman–Crippen LogP) is 2.48. The Morgan fingerprint density at radius 3 is 2.76 bits per heavy atom. The molecule has 1 atom stereocenters. The number of halogens is 1. The highest BCUT2D eigenvalue weighted by Gasteiger charge is 2.07. The summed E-state index contributed by atoms with van der Waals surface area (Å²) in [6.07, 6.45) is 0.960. The van der Waals surface area contributed by atoms with Crippen LogP contribution >= 0.6 is 11.6 Å². The molecule has 0 fully saturated rings. The Kier molecular flexibility index (Phi) is 5.75. The number of rotatable bonds is 6. The summed E-state index contributed by atoms with van der Waals surface area (Å²) in [5.74, 6) is 0.905. The van der Waals surface area contributed by atoms with Gasteiger partial charge in [-0.15, -0.1) is 0 Å². The number of nitrogens with two attached hydrogens (primary N) is 1. The van der Waals surface area contributed by atoms with Crippen LogP contribution in [-0.2, 0) is 6.54 Å². The van der Waals surface area contributed by atoms with Gasteiger partial charge in [-0.1, -0.05) is 11.6 Å². The van der Waals surface area contributed by atoms with Crippen LogP contribution in [0.5, 0.6) is 5.75 Å². The van der Waals surface area contributed by atoms with E-state index in [4.69, 9.17) is 22.1 Å². The summed E-state index contributed by atoms with van der Waals surface area (Å²) in [6.45, 7) is 5.64. The van der Waals surface area contributed by atoms with Gasteiger partial charge in [0.05, 0.1) is 7.11 Å². The van der Waals surface area contributed by atoms with Gasteiger partial charge in [-0.05, 0) is 44.5 Å². The van der Waals surface area contributed by atoms with Crippen molar-refractivity contribution in [2.45, 2.75) is 32.9 Å². The molecule has 0 saturated heterocycles. The van der Waals surface area contributed by atoms with Crippen LogP contribution in [0.25, 0.3) is 0 Å². The van der Waals surface area contributed by atoms with E-state index in [1.807, 2.05) is 26.0 Å². The second kappa shape index (κ2) is 6.84. The van der Waals surface area contributed by atoms with Crippen molar-refractivity contribution in [3.05, 3.63) is 28.3 Å². The predicted molar refractivity (Wildman–Crippen MR) is 72.7 cm³/mol. The molecular formula is C13H21ClN2O. The molecule has 96 valence electrons. The zero-order valence-corrected chi connectivity index (χ0v) is 11.5. The summed E-state index contributed by atoms with van der Waals surface area (Å²) in [4.78, 5) is 0. The lowest BCUT2D eigenvalue weighted by atomic mass is 10.1. The minimum Gasteiger partial charge on any atom is -0.496 e. The lowest BCUT2D eigenvalue weighted by molar-refractivity contribution is 0.404. The third-order valence-corrected chi connectivity index (χ3v) is 2.83. The van der Waals surface area contributed by atoms with E-state index in [0.29, 0.717) is 0 Å². The summed E-state index contributed by atoms with van der Waals surface area (Å²) in [5.41, 5.74) is 7.83. The molecule has 0 heterocycles. The molecule has 1 aromatic carbocycles. The van der Waals surface area contributed by atoms with Gasteiger partial charge in [0.15, 0.2) is 0 Å². The number of ether oxygens (including phenoxy) is 1. The normalized spacial score (nSPS) is 12.5. The topological polar surface area (TPSA) is 47.3 Å². The molecule has 1 unspecified atom stereocenters. The zero-order chi connectivity index (χ0) is 12.8.